The summed E-state index contributed by atoms with van der Waals surface area (Å²) in [6, 6.07) is 26.0. The monoisotopic (exact) mass is 925 g/mol. The molecule has 67 heavy (non-hydrogen) atoms. The number of nitrogens with one attached hydrogen (secondary N) is 1. The number of alkyl halides is 3. The van der Waals surface area contributed by atoms with E-state index in [0.29, 0.717) is 127 Å². The number of carbonyl (C=O) groups is 2. The van der Waals surface area contributed by atoms with Gasteiger partial charge in [-0.05, 0) is 61.8 Å². The Kier molecular flexibility index (Phi) is 14.3. The zero-order chi connectivity index (χ0) is 47.9. The lowest BCUT2D eigenvalue weighted by molar-refractivity contribution is -0.150. The maximum Gasteiger partial charge on any atom is 0.405 e. The molecule has 2 fully saturated rings. The van der Waals surface area contributed by atoms with Gasteiger partial charge < -0.3 is 50.6 Å². The Morgan fingerprint density at radius 1 is 0.627 bits per heavy atom. The van der Waals surface area contributed by atoms with Crippen LogP contribution in [0.2, 0.25) is 0 Å². The van der Waals surface area contributed by atoms with Crippen molar-refractivity contribution in [3.8, 4) is 23.0 Å². The minimum atomic E-state index is -4.48. The molecule has 0 saturated carbocycles. The molecule has 16 nitrogen and oxygen atoms in total. The number of benzene rings is 4. The lowest BCUT2D eigenvalue weighted by Crippen LogP contribution is -2.51. The molecule has 19 heteroatoms. The number of nitrogen functional groups attached to an aromatic ring is 2. The highest BCUT2D eigenvalue weighted by atomic mass is 19.4. The number of piperidine rings is 2. The van der Waals surface area contributed by atoms with Crippen LogP contribution in [-0.4, -0.2) is 104 Å². The number of aromatic nitrogens is 4. The van der Waals surface area contributed by atoms with Crippen LogP contribution in [-0.2, 0) is 22.4 Å². The highest BCUT2D eigenvalue weighted by Gasteiger charge is 2.44. The van der Waals surface area contributed by atoms with Crippen LogP contribution in [0.3, 0.4) is 0 Å². The van der Waals surface area contributed by atoms with Crippen LogP contribution >= 0.6 is 0 Å². The molecule has 2 aromatic heterocycles. The number of fused-ring (bicyclic) bond motifs is 2. The van der Waals surface area contributed by atoms with Crippen molar-refractivity contribution in [3.63, 3.8) is 0 Å². The number of rotatable bonds is 13. The molecule has 0 aliphatic carbocycles. The number of methoxy groups -OCH3 is 4. The molecule has 2 aliphatic heterocycles. The number of nitrogens with two attached hydrogens (primary N) is 2. The highest BCUT2D eigenvalue weighted by molar-refractivity contribution is 5.93. The Hall–Kier alpha value is -7.31. The maximum atomic E-state index is 13.1. The smallest absolute Gasteiger partial charge is 0.405 e. The van der Waals surface area contributed by atoms with E-state index in [1.54, 1.807) is 38.5 Å². The minimum absolute atomic E-state index is 0.264. The topological polar surface area (TPSA) is 213 Å². The second-order valence-electron chi connectivity index (χ2n) is 16.7. The van der Waals surface area contributed by atoms with Crippen LogP contribution < -0.4 is 45.5 Å². The number of carboxylic acids is 1. The molecule has 4 aromatic carbocycles. The fraction of sp³-hybridized carbons (Fsp3) is 0.375. The van der Waals surface area contributed by atoms with Gasteiger partial charge in [0.25, 0.3) is 0 Å². The molecule has 1 amide bonds. The second-order valence-corrected chi connectivity index (χ2v) is 16.7. The van der Waals surface area contributed by atoms with E-state index in [9.17, 15) is 27.9 Å². The Balaban J connectivity index is 0.000000201. The third-order valence-corrected chi connectivity index (χ3v) is 12.6. The first-order chi connectivity index (χ1) is 32.1. The SMILES string of the molecule is COc1cc2nc(N3CCC(Cc4ccccc4)(C(=O)NCC(F)(F)F)CC3)nc(N)c2cc1OC.COc1cc2nc(N3CCC(Cc4ccccc4)(C(=O)O)CC3)nc(N)c2cc1OC. The van der Waals surface area contributed by atoms with Gasteiger partial charge in [0, 0.05) is 49.1 Å². The average Bonchev–Trinajstić information content (AvgIpc) is 3.33. The van der Waals surface area contributed by atoms with Gasteiger partial charge in [0.2, 0.25) is 17.8 Å². The summed E-state index contributed by atoms with van der Waals surface area (Å²) in [6.07, 6.45) is -1.96. The summed E-state index contributed by atoms with van der Waals surface area (Å²) in [6.45, 7) is 0.478. The lowest BCUT2D eigenvalue weighted by atomic mass is 9.73. The molecule has 4 heterocycles. The first-order valence-corrected chi connectivity index (χ1v) is 21.6. The summed E-state index contributed by atoms with van der Waals surface area (Å²) in [5.41, 5.74) is 13.8. The molecular weight excluding hydrogens is 872 g/mol. The van der Waals surface area contributed by atoms with Crippen LogP contribution in [0.15, 0.2) is 84.9 Å². The molecule has 0 atom stereocenters. The zero-order valence-electron chi connectivity index (χ0n) is 37.7. The lowest BCUT2D eigenvalue weighted by Gasteiger charge is -2.41. The summed E-state index contributed by atoms with van der Waals surface area (Å²) in [5.74, 6) is 2.25. The number of halogens is 3. The first-order valence-electron chi connectivity index (χ1n) is 21.6. The quantitative estimate of drug-likeness (QED) is 0.0930. The standard InChI is InChI=1S/C25H28F3N5O3.C23H26N4O4/c1-35-19-12-17-18(13-20(19)36-2)31-23(32-21(17)29)33-10-8-24(9-11-33,14-16-6-4-3-5-7-16)22(34)30-15-25(26,27)28;1-30-18-12-16-17(13-19(18)31-2)25-22(26-20(16)24)27-10-8-23(9-11-27,21(28)29)14-15-6-4-3-5-7-15/h3-7,12-13H,8-11,14-15H2,1-2H3,(H,30,34)(H2,29,31,32);3-7,12-13H,8-11,14H2,1-2H3,(H,28,29)(H2,24,25,26). The van der Waals surface area contributed by atoms with Crippen molar-refractivity contribution in [1.82, 2.24) is 25.3 Å². The van der Waals surface area contributed by atoms with Crippen LogP contribution in [0.25, 0.3) is 21.8 Å². The van der Waals surface area contributed by atoms with Gasteiger partial charge >= 0.3 is 12.1 Å². The fourth-order valence-electron chi connectivity index (χ4n) is 8.78. The third kappa shape index (κ3) is 10.7. The summed E-state index contributed by atoms with van der Waals surface area (Å²) in [5, 5.41) is 13.4. The number of carboxylic acid groups (broad SMARTS) is 1. The molecule has 6 aromatic rings. The molecule has 2 aliphatic rings. The summed E-state index contributed by atoms with van der Waals surface area (Å²) >= 11 is 0. The second kappa shape index (κ2) is 20.1. The molecule has 8 rings (SSSR count). The van der Waals surface area contributed by atoms with E-state index in [1.165, 1.54) is 14.2 Å². The number of anilines is 4. The van der Waals surface area contributed by atoms with Gasteiger partial charge in [-0.2, -0.15) is 23.1 Å². The number of carbonyl (C=O) groups excluding carboxylic acids is 1. The van der Waals surface area contributed by atoms with E-state index in [0.717, 1.165) is 11.1 Å². The Bertz CT molecular complexity index is 2700. The van der Waals surface area contributed by atoms with Crippen LogP contribution in [0.1, 0.15) is 36.8 Å². The van der Waals surface area contributed by atoms with Crippen molar-refractivity contribution in [3.05, 3.63) is 96.1 Å². The van der Waals surface area contributed by atoms with Crippen molar-refractivity contribution in [1.29, 1.82) is 0 Å². The number of hydrogen-bond donors (Lipinski definition) is 4. The van der Waals surface area contributed by atoms with Crippen LogP contribution in [0, 0.1) is 10.8 Å². The fourth-order valence-corrected chi connectivity index (χ4v) is 8.78. The maximum absolute atomic E-state index is 13.1. The van der Waals surface area contributed by atoms with Gasteiger partial charge in [-0.15, -0.1) is 0 Å². The van der Waals surface area contributed by atoms with Gasteiger partial charge in [-0.1, -0.05) is 60.7 Å². The minimum Gasteiger partial charge on any atom is -0.493 e. The Labute approximate surface area is 385 Å². The van der Waals surface area contributed by atoms with Gasteiger partial charge in [0.05, 0.1) is 50.3 Å². The average molecular weight is 926 g/mol. The van der Waals surface area contributed by atoms with Crippen LogP contribution in [0.5, 0.6) is 23.0 Å². The predicted octanol–water partition coefficient (Wildman–Crippen LogP) is 6.88. The Morgan fingerprint density at radius 3 is 1.37 bits per heavy atom. The third-order valence-electron chi connectivity index (χ3n) is 12.6. The van der Waals surface area contributed by atoms with E-state index < -0.39 is 35.4 Å². The van der Waals surface area contributed by atoms with Crippen molar-refractivity contribution < 1.29 is 46.8 Å². The first kappa shape index (κ1) is 47.6. The highest BCUT2D eigenvalue weighted by Crippen LogP contribution is 2.41. The van der Waals surface area contributed by atoms with Gasteiger partial charge in [0.15, 0.2) is 23.0 Å². The van der Waals surface area contributed by atoms with Gasteiger partial charge in [-0.3, -0.25) is 9.59 Å². The molecule has 6 N–H and O–H groups in total. The molecular formula is C48H54F3N9O7. The molecule has 0 radical (unpaired) electrons. The van der Waals surface area contributed by atoms with E-state index in [4.69, 9.17) is 30.4 Å². The number of amides is 1. The van der Waals surface area contributed by atoms with Crippen molar-refractivity contribution in [2.75, 3.05) is 82.4 Å². The molecule has 0 bridgehead atoms. The molecule has 0 spiro atoms. The van der Waals surface area contributed by atoms with E-state index >= 15 is 0 Å². The zero-order valence-corrected chi connectivity index (χ0v) is 37.7. The summed E-state index contributed by atoms with van der Waals surface area (Å²) in [4.78, 5) is 47.4. The Morgan fingerprint density at radius 2 is 1.00 bits per heavy atom. The molecule has 0 unspecified atom stereocenters. The number of ether oxygens (including phenoxy) is 4. The van der Waals surface area contributed by atoms with Gasteiger partial charge in [0.1, 0.15) is 18.2 Å². The van der Waals surface area contributed by atoms with Crippen LogP contribution in [0.4, 0.5) is 36.7 Å². The van der Waals surface area contributed by atoms with Crippen molar-refractivity contribution >= 4 is 57.2 Å². The number of hydrogen-bond acceptors (Lipinski definition) is 14. The predicted molar refractivity (Wildman–Crippen MR) is 249 cm³/mol. The number of aliphatic carboxylic acids is 1. The largest absolute Gasteiger partial charge is 0.493 e. The molecule has 2 saturated heterocycles. The van der Waals surface area contributed by atoms with Crippen molar-refractivity contribution in [2.45, 2.75) is 44.7 Å². The summed E-state index contributed by atoms with van der Waals surface area (Å²) in [7, 11) is 6.18. The van der Waals surface area contributed by atoms with E-state index in [-0.39, 0.29) is 5.82 Å². The van der Waals surface area contributed by atoms with Gasteiger partial charge in [-0.25, -0.2) is 9.97 Å². The normalized spacial score (nSPS) is 15.6. The van der Waals surface area contributed by atoms with Crippen molar-refractivity contribution in [2.24, 2.45) is 10.8 Å². The van der Waals surface area contributed by atoms with E-state index in [2.05, 4.69) is 25.3 Å². The summed E-state index contributed by atoms with van der Waals surface area (Å²) < 4.78 is 59.9. The molecule has 354 valence electrons. The number of nitrogens with zero attached hydrogens (tertiary/aromatic N) is 6. The van der Waals surface area contributed by atoms with E-state index in [1.807, 2.05) is 70.5 Å².